The molecule has 1 saturated carbocycles. The molecule has 3 N–H and O–H groups in total. The molecule has 5 nitrogen and oxygen atoms in total. The largest absolute Gasteiger partial charge is 0.396 e. The molecule has 2 rings (SSSR count). The highest BCUT2D eigenvalue weighted by Crippen LogP contribution is 2.25. The fourth-order valence-electron chi connectivity index (χ4n) is 2.84. The number of nitrogens with two attached hydrogens (primary N) is 1. The van der Waals surface area contributed by atoms with E-state index >= 15 is 0 Å². The number of nitrogens with zero attached hydrogens (tertiary/aromatic N) is 2. The Morgan fingerprint density at radius 3 is 2.89 bits per heavy atom. The molecule has 1 heterocycles. The first-order chi connectivity index (χ1) is 9.22. The number of anilines is 1. The number of rotatable bonds is 5. The minimum absolute atomic E-state index is 0.104. The number of amides is 1. The predicted molar refractivity (Wildman–Crippen MR) is 75.8 cm³/mol. The second kappa shape index (κ2) is 6.59. The summed E-state index contributed by atoms with van der Waals surface area (Å²) >= 11 is 0. The normalized spacial score (nSPS) is 16.5. The van der Waals surface area contributed by atoms with Gasteiger partial charge < -0.3 is 11.1 Å². The molecule has 1 fully saturated rings. The van der Waals surface area contributed by atoms with E-state index in [1.807, 2.05) is 6.92 Å². The summed E-state index contributed by atoms with van der Waals surface area (Å²) in [7, 11) is 0. The van der Waals surface area contributed by atoms with E-state index in [2.05, 4.69) is 10.4 Å². The Hall–Kier alpha value is -1.52. The van der Waals surface area contributed by atoms with Crippen LogP contribution < -0.4 is 11.1 Å². The number of nitrogen functional groups attached to an aromatic ring is 1. The van der Waals surface area contributed by atoms with Crippen molar-refractivity contribution in [2.45, 2.75) is 52.0 Å². The van der Waals surface area contributed by atoms with Crippen LogP contribution in [0.3, 0.4) is 0 Å². The Kier molecular flexibility index (Phi) is 4.82. The highest BCUT2D eigenvalue weighted by molar-refractivity contribution is 5.97. The van der Waals surface area contributed by atoms with Crippen LogP contribution in [0.25, 0.3) is 0 Å². The molecule has 0 aromatic carbocycles. The van der Waals surface area contributed by atoms with Crippen molar-refractivity contribution in [3.63, 3.8) is 0 Å². The summed E-state index contributed by atoms with van der Waals surface area (Å²) in [6, 6.07) is 0. The zero-order valence-corrected chi connectivity index (χ0v) is 11.7. The summed E-state index contributed by atoms with van der Waals surface area (Å²) in [6.45, 7) is 3.34. The third-order valence-electron chi connectivity index (χ3n) is 3.95. The molecule has 0 bridgehead atoms. The van der Waals surface area contributed by atoms with Crippen LogP contribution in [0, 0.1) is 5.92 Å². The maximum absolute atomic E-state index is 12.1. The van der Waals surface area contributed by atoms with E-state index in [4.69, 9.17) is 5.73 Å². The van der Waals surface area contributed by atoms with Gasteiger partial charge in [0, 0.05) is 13.1 Å². The van der Waals surface area contributed by atoms with E-state index in [9.17, 15) is 4.79 Å². The SMILES string of the molecule is CCn1ncc(N)c1C(=O)NCCC1CCCCC1. The average molecular weight is 264 g/mol. The fraction of sp³-hybridized carbons (Fsp3) is 0.714. The number of aromatic nitrogens is 2. The first-order valence-electron chi connectivity index (χ1n) is 7.31. The minimum Gasteiger partial charge on any atom is -0.396 e. The van der Waals surface area contributed by atoms with Crippen LogP contribution in [0.5, 0.6) is 0 Å². The first-order valence-corrected chi connectivity index (χ1v) is 7.31. The maximum Gasteiger partial charge on any atom is 0.271 e. The van der Waals surface area contributed by atoms with Gasteiger partial charge in [0.2, 0.25) is 0 Å². The van der Waals surface area contributed by atoms with Gasteiger partial charge in [-0.1, -0.05) is 32.1 Å². The lowest BCUT2D eigenvalue weighted by atomic mass is 9.87. The quantitative estimate of drug-likeness (QED) is 0.856. The number of carbonyl (C=O) groups is 1. The minimum atomic E-state index is -0.104. The average Bonchev–Trinajstić information content (AvgIpc) is 2.81. The highest BCUT2D eigenvalue weighted by atomic mass is 16.2. The Balaban J connectivity index is 1.82. The van der Waals surface area contributed by atoms with Gasteiger partial charge >= 0.3 is 0 Å². The van der Waals surface area contributed by atoms with E-state index in [1.165, 1.54) is 32.1 Å². The van der Waals surface area contributed by atoms with Gasteiger partial charge in [-0.2, -0.15) is 5.10 Å². The molecule has 1 aromatic rings. The monoisotopic (exact) mass is 264 g/mol. The van der Waals surface area contributed by atoms with E-state index in [0.29, 0.717) is 17.9 Å². The van der Waals surface area contributed by atoms with Crippen molar-refractivity contribution in [2.24, 2.45) is 5.92 Å². The Morgan fingerprint density at radius 1 is 1.47 bits per heavy atom. The Labute approximate surface area is 114 Å². The number of hydrogen-bond acceptors (Lipinski definition) is 3. The van der Waals surface area contributed by atoms with Crippen molar-refractivity contribution in [1.82, 2.24) is 15.1 Å². The molecule has 0 aliphatic heterocycles. The van der Waals surface area contributed by atoms with Gasteiger partial charge in [-0.25, -0.2) is 0 Å². The summed E-state index contributed by atoms with van der Waals surface area (Å²) in [4.78, 5) is 12.1. The van der Waals surface area contributed by atoms with Crippen LogP contribution in [0.1, 0.15) is 55.9 Å². The van der Waals surface area contributed by atoms with Gasteiger partial charge in [0.25, 0.3) is 5.91 Å². The van der Waals surface area contributed by atoms with Crippen LogP contribution in [0.4, 0.5) is 5.69 Å². The second-order valence-electron chi connectivity index (χ2n) is 5.31. The van der Waals surface area contributed by atoms with Gasteiger partial charge in [0.15, 0.2) is 0 Å². The number of nitrogens with one attached hydrogen (secondary N) is 1. The Morgan fingerprint density at radius 2 is 2.21 bits per heavy atom. The Bertz CT molecular complexity index is 421. The number of hydrogen-bond donors (Lipinski definition) is 2. The molecule has 1 aromatic heterocycles. The molecule has 0 saturated heterocycles. The van der Waals surface area contributed by atoms with E-state index in [0.717, 1.165) is 18.9 Å². The van der Waals surface area contributed by atoms with Gasteiger partial charge in [0.05, 0.1) is 11.9 Å². The molecule has 0 radical (unpaired) electrons. The van der Waals surface area contributed by atoms with Gasteiger partial charge in [-0.15, -0.1) is 0 Å². The van der Waals surface area contributed by atoms with E-state index in [1.54, 1.807) is 10.9 Å². The summed E-state index contributed by atoms with van der Waals surface area (Å²) in [5.74, 6) is 0.676. The third kappa shape index (κ3) is 3.49. The van der Waals surface area contributed by atoms with Crippen LogP contribution >= 0.6 is 0 Å². The molecule has 106 valence electrons. The van der Waals surface area contributed by atoms with Crippen LogP contribution in [-0.2, 0) is 6.54 Å². The molecule has 0 atom stereocenters. The van der Waals surface area contributed by atoms with Crippen molar-refractivity contribution < 1.29 is 4.79 Å². The van der Waals surface area contributed by atoms with Crippen molar-refractivity contribution in [2.75, 3.05) is 12.3 Å². The summed E-state index contributed by atoms with van der Waals surface area (Å²) < 4.78 is 1.64. The maximum atomic E-state index is 12.1. The number of aryl methyl sites for hydroxylation is 1. The molecule has 5 heteroatoms. The van der Waals surface area contributed by atoms with Gasteiger partial charge in [-0.3, -0.25) is 9.48 Å². The van der Waals surface area contributed by atoms with Crippen LogP contribution in [0.15, 0.2) is 6.20 Å². The molecule has 1 amide bonds. The molecule has 0 spiro atoms. The lowest BCUT2D eigenvalue weighted by Crippen LogP contribution is -2.29. The van der Waals surface area contributed by atoms with Crippen LogP contribution in [-0.4, -0.2) is 22.2 Å². The molecule has 1 aliphatic rings. The van der Waals surface area contributed by atoms with Crippen molar-refractivity contribution in [1.29, 1.82) is 0 Å². The molecule has 0 unspecified atom stereocenters. The number of carbonyl (C=O) groups excluding carboxylic acids is 1. The molecular formula is C14H24N4O. The lowest BCUT2D eigenvalue weighted by molar-refractivity contribution is 0.0940. The summed E-state index contributed by atoms with van der Waals surface area (Å²) in [5, 5.41) is 7.05. The highest BCUT2D eigenvalue weighted by Gasteiger charge is 2.17. The zero-order valence-electron chi connectivity index (χ0n) is 11.7. The van der Waals surface area contributed by atoms with E-state index in [-0.39, 0.29) is 5.91 Å². The van der Waals surface area contributed by atoms with Gasteiger partial charge in [0.1, 0.15) is 5.69 Å². The third-order valence-corrected chi connectivity index (χ3v) is 3.95. The first kappa shape index (κ1) is 13.9. The molecule has 19 heavy (non-hydrogen) atoms. The van der Waals surface area contributed by atoms with Crippen molar-refractivity contribution in [3.8, 4) is 0 Å². The molecular weight excluding hydrogens is 240 g/mol. The standard InChI is InChI=1S/C14H24N4O/c1-2-18-13(12(15)10-17-18)14(19)16-9-8-11-6-4-3-5-7-11/h10-11H,2-9,15H2,1H3,(H,16,19). The van der Waals surface area contributed by atoms with Crippen molar-refractivity contribution in [3.05, 3.63) is 11.9 Å². The molecule has 1 aliphatic carbocycles. The second-order valence-corrected chi connectivity index (χ2v) is 5.31. The van der Waals surface area contributed by atoms with E-state index < -0.39 is 0 Å². The predicted octanol–water partition coefficient (Wildman–Crippen LogP) is 2.19. The fourth-order valence-corrected chi connectivity index (χ4v) is 2.84. The summed E-state index contributed by atoms with van der Waals surface area (Å²) in [6.07, 6.45) is 9.29. The topological polar surface area (TPSA) is 72.9 Å². The lowest BCUT2D eigenvalue weighted by Gasteiger charge is -2.21. The smallest absolute Gasteiger partial charge is 0.271 e. The zero-order chi connectivity index (χ0) is 13.7. The summed E-state index contributed by atoms with van der Waals surface area (Å²) in [5.41, 5.74) is 6.74. The van der Waals surface area contributed by atoms with Gasteiger partial charge in [-0.05, 0) is 19.3 Å². The van der Waals surface area contributed by atoms with Crippen LogP contribution in [0.2, 0.25) is 0 Å². The van der Waals surface area contributed by atoms with Crippen molar-refractivity contribution >= 4 is 11.6 Å².